The first kappa shape index (κ1) is 23.2. The molecule has 178 valence electrons. The fourth-order valence-electron chi connectivity index (χ4n) is 4.05. The van der Waals surface area contributed by atoms with E-state index in [1.165, 1.54) is 0 Å². The Hall–Kier alpha value is -2.96. The summed E-state index contributed by atoms with van der Waals surface area (Å²) in [6, 6.07) is 2.38. The number of piperidine rings is 1. The van der Waals surface area contributed by atoms with E-state index in [0.29, 0.717) is 19.2 Å². The lowest BCUT2D eigenvalue weighted by molar-refractivity contribution is -0.206. The summed E-state index contributed by atoms with van der Waals surface area (Å²) in [6.45, 7) is -0.295. The van der Waals surface area contributed by atoms with Gasteiger partial charge in [-0.3, -0.25) is 14.7 Å². The second-order valence-corrected chi connectivity index (χ2v) is 7.86. The maximum atomic E-state index is 14.1. The predicted molar refractivity (Wildman–Crippen MR) is 101 cm³/mol. The summed E-state index contributed by atoms with van der Waals surface area (Å²) >= 11 is 0. The molecule has 0 radical (unpaired) electrons. The van der Waals surface area contributed by atoms with E-state index in [0.717, 1.165) is 18.3 Å². The maximum absolute atomic E-state index is 14.1. The molecular weight excluding hydrogens is 461 g/mol. The molecule has 1 saturated heterocycles. The number of alkyl halides is 7. The second-order valence-electron chi connectivity index (χ2n) is 7.86. The lowest BCUT2D eigenvalue weighted by atomic mass is 9.76. The number of anilines is 1. The SMILES string of the molecule is O=C1Nc2nccc(-c3cc(C(F)(F)F)cc(C4(CF)CCNCC4)n3)c2C(C(F)(F)F)O1. The van der Waals surface area contributed by atoms with Crippen LogP contribution in [0.25, 0.3) is 11.3 Å². The molecule has 0 bridgehead atoms. The van der Waals surface area contributed by atoms with Crippen LogP contribution in [-0.4, -0.2) is 42.0 Å². The molecular formula is C20H17F7N4O2. The average molecular weight is 478 g/mol. The first-order valence-electron chi connectivity index (χ1n) is 9.85. The third-order valence-electron chi connectivity index (χ3n) is 5.78. The van der Waals surface area contributed by atoms with Crippen LogP contribution in [-0.2, 0) is 16.3 Å². The molecule has 0 spiro atoms. The molecule has 0 aromatic carbocycles. The summed E-state index contributed by atoms with van der Waals surface area (Å²) in [5, 5.41) is 5.02. The minimum absolute atomic E-state index is 0.163. The average Bonchev–Trinajstić information content (AvgIpc) is 2.77. The Morgan fingerprint density at radius 3 is 2.42 bits per heavy atom. The molecule has 4 rings (SSSR count). The molecule has 33 heavy (non-hydrogen) atoms. The van der Waals surface area contributed by atoms with Gasteiger partial charge >= 0.3 is 18.4 Å². The smallest absolute Gasteiger partial charge is 0.430 e. The van der Waals surface area contributed by atoms with Gasteiger partial charge in [-0.1, -0.05) is 0 Å². The molecule has 13 heteroatoms. The topological polar surface area (TPSA) is 76.1 Å². The van der Waals surface area contributed by atoms with Crippen molar-refractivity contribution in [1.82, 2.24) is 15.3 Å². The summed E-state index contributed by atoms with van der Waals surface area (Å²) in [5.41, 5.74) is -4.20. The molecule has 1 atom stereocenters. The lowest BCUT2D eigenvalue weighted by Gasteiger charge is -2.35. The van der Waals surface area contributed by atoms with Crippen molar-refractivity contribution in [2.24, 2.45) is 0 Å². The van der Waals surface area contributed by atoms with Gasteiger partial charge in [-0.25, -0.2) is 9.78 Å². The highest BCUT2D eigenvalue weighted by Crippen LogP contribution is 2.46. The van der Waals surface area contributed by atoms with Gasteiger partial charge in [0, 0.05) is 17.2 Å². The van der Waals surface area contributed by atoms with Crippen LogP contribution < -0.4 is 10.6 Å². The Bertz CT molecular complexity index is 1070. The van der Waals surface area contributed by atoms with E-state index in [-0.39, 0.29) is 24.1 Å². The van der Waals surface area contributed by atoms with Crippen molar-refractivity contribution in [3.63, 3.8) is 0 Å². The number of nitrogens with one attached hydrogen (secondary N) is 2. The minimum Gasteiger partial charge on any atom is -0.431 e. The molecule has 4 heterocycles. The zero-order valence-electron chi connectivity index (χ0n) is 16.8. The van der Waals surface area contributed by atoms with Crippen LogP contribution in [0.5, 0.6) is 0 Å². The number of ether oxygens (including phenoxy) is 1. The van der Waals surface area contributed by atoms with Gasteiger partial charge in [0.05, 0.1) is 22.5 Å². The number of nitrogens with zero attached hydrogens (tertiary/aromatic N) is 2. The van der Waals surface area contributed by atoms with Gasteiger partial charge < -0.3 is 10.1 Å². The lowest BCUT2D eigenvalue weighted by Crippen LogP contribution is -2.42. The Kier molecular flexibility index (Phi) is 5.71. The van der Waals surface area contributed by atoms with Crippen molar-refractivity contribution < 1.29 is 40.3 Å². The van der Waals surface area contributed by atoms with Crippen molar-refractivity contribution in [3.05, 3.63) is 41.2 Å². The van der Waals surface area contributed by atoms with E-state index in [1.54, 1.807) is 0 Å². The highest BCUT2D eigenvalue weighted by molar-refractivity contribution is 5.89. The number of hydrogen-bond acceptors (Lipinski definition) is 5. The van der Waals surface area contributed by atoms with E-state index in [9.17, 15) is 35.5 Å². The van der Waals surface area contributed by atoms with Gasteiger partial charge in [0.25, 0.3) is 0 Å². The molecule has 2 N–H and O–H groups in total. The highest BCUT2D eigenvalue weighted by atomic mass is 19.4. The number of pyridine rings is 2. The van der Waals surface area contributed by atoms with Crippen LogP contribution >= 0.6 is 0 Å². The Labute approximate surface area is 182 Å². The molecule has 2 aromatic heterocycles. The Morgan fingerprint density at radius 1 is 1.12 bits per heavy atom. The van der Waals surface area contributed by atoms with Gasteiger partial charge in [-0.2, -0.15) is 26.3 Å². The van der Waals surface area contributed by atoms with Crippen molar-refractivity contribution in [1.29, 1.82) is 0 Å². The van der Waals surface area contributed by atoms with E-state index >= 15 is 0 Å². The van der Waals surface area contributed by atoms with E-state index in [4.69, 9.17) is 0 Å². The summed E-state index contributed by atoms with van der Waals surface area (Å²) in [4.78, 5) is 19.5. The number of halogens is 7. The summed E-state index contributed by atoms with van der Waals surface area (Å²) < 4.78 is 101. The highest BCUT2D eigenvalue weighted by Gasteiger charge is 2.49. The second kappa shape index (κ2) is 8.12. The number of hydrogen-bond donors (Lipinski definition) is 2. The molecule has 6 nitrogen and oxygen atoms in total. The number of rotatable bonds is 3. The van der Waals surface area contributed by atoms with Gasteiger partial charge in [0.15, 0.2) is 0 Å². The molecule has 1 fully saturated rings. The van der Waals surface area contributed by atoms with Gasteiger partial charge in [0.2, 0.25) is 6.10 Å². The van der Waals surface area contributed by atoms with Crippen LogP contribution in [0.4, 0.5) is 41.3 Å². The number of aromatic nitrogens is 2. The zero-order valence-corrected chi connectivity index (χ0v) is 16.8. The largest absolute Gasteiger partial charge is 0.431 e. The maximum Gasteiger partial charge on any atom is 0.430 e. The van der Waals surface area contributed by atoms with Crippen molar-refractivity contribution >= 4 is 11.9 Å². The normalized spacial score (nSPS) is 20.6. The Balaban J connectivity index is 1.95. The number of amides is 1. The molecule has 0 aliphatic carbocycles. The Morgan fingerprint density at radius 2 is 1.82 bits per heavy atom. The van der Waals surface area contributed by atoms with Gasteiger partial charge in [-0.15, -0.1) is 0 Å². The third kappa shape index (κ3) is 4.33. The van der Waals surface area contributed by atoms with Crippen LogP contribution in [0.2, 0.25) is 0 Å². The van der Waals surface area contributed by atoms with E-state index in [1.807, 2.05) is 5.32 Å². The van der Waals surface area contributed by atoms with Crippen LogP contribution in [0.15, 0.2) is 24.4 Å². The zero-order chi connectivity index (χ0) is 24.0. The summed E-state index contributed by atoms with van der Waals surface area (Å²) in [5.74, 6) is -0.506. The molecule has 2 aliphatic rings. The minimum atomic E-state index is -5.07. The van der Waals surface area contributed by atoms with Crippen molar-refractivity contribution in [3.8, 4) is 11.3 Å². The first-order valence-corrected chi connectivity index (χ1v) is 9.85. The van der Waals surface area contributed by atoms with Gasteiger partial charge in [0.1, 0.15) is 12.5 Å². The summed E-state index contributed by atoms with van der Waals surface area (Å²) in [6.07, 6.45) is -12.7. The van der Waals surface area contributed by atoms with Crippen LogP contribution in [0.1, 0.15) is 35.8 Å². The third-order valence-corrected chi connectivity index (χ3v) is 5.78. The predicted octanol–water partition coefficient (Wildman–Crippen LogP) is 4.92. The summed E-state index contributed by atoms with van der Waals surface area (Å²) in [7, 11) is 0. The molecule has 2 aliphatic heterocycles. The van der Waals surface area contributed by atoms with Crippen molar-refractivity contribution in [2.45, 2.75) is 36.7 Å². The molecule has 2 aromatic rings. The molecule has 1 unspecified atom stereocenters. The van der Waals surface area contributed by atoms with Crippen LogP contribution in [0, 0.1) is 0 Å². The monoisotopic (exact) mass is 478 g/mol. The van der Waals surface area contributed by atoms with E-state index < -0.39 is 59.3 Å². The quantitative estimate of drug-likeness (QED) is 0.613. The van der Waals surface area contributed by atoms with E-state index in [2.05, 4.69) is 20.0 Å². The molecule has 0 saturated carbocycles. The number of carbonyl (C=O) groups is 1. The number of carbonyl (C=O) groups excluding carboxylic acids is 1. The number of fused-ring (bicyclic) bond motifs is 1. The standard InChI is InChI=1S/C20H17F7N4O2/c21-9-18(2-5-28-6-3-18)13-8-10(19(22,23)24)7-12(30-13)11-1-4-29-16-14(11)15(20(25,26)27)33-17(32)31-16/h1,4,7-8,15,28H,2-3,5-6,9H2,(H,29,31,32). The molecule has 1 amide bonds. The first-order chi connectivity index (χ1) is 15.4. The fraction of sp³-hybridized carbons (Fsp3) is 0.450. The van der Waals surface area contributed by atoms with Crippen LogP contribution in [0.3, 0.4) is 0 Å². The van der Waals surface area contributed by atoms with Gasteiger partial charge in [-0.05, 0) is 44.1 Å². The van der Waals surface area contributed by atoms with Crippen molar-refractivity contribution in [2.75, 3.05) is 25.1 Å². The number of cyclic esters (lactones) is 1. The fourth-order valence-corrected chi connectivity index (χ4v) is 4.05.